The predicted molar refractivity (Wildman–Crippen MR) is 116 cm³/mol. The van der Waals surface area contributed by atoms with Gasteiger partial charge in [0, 0.05) is 18.8 Å². The molecule has 0 amide bonds. The summed E-state index contributed by atoms with van der Waals surface area (Å²) in [5, 5.41) is 0. The molecule has 0 aliphatic carbocycles. The summed E-state index contributed by atoms with van der Waals surface area (Å²) < 4.78 is 32.4. The van der Waals surface area contributed by atoms with Crippen molar-refractivity contribution < 1.29 is 22.7 Å². The van der Waals surface area contributed by atoms with E-state index in [0.717, 1.165) is 5.56 Å². The molecule has 0 spiro atoms. The lowest BCUT2D eigenvalue weighted by molar-refractivity contribution is -0.136. The van der Waals surface area contributed by atoms with Crippen molar-refractivity contribution in [2.24, 2.45) is 0 Å². The lowest BCUT2D eigenvalue weighted by Gasteiger charge is -2.19. The quantitative estimate of drug-likeness (QED) is 0.349. The van der Waals surface area contributed by atoms with Gasteiger partial charge in [-0.3, -0.25) is 9.10 Å². The molecule has 7 nitrogen and oxygen atoms in total. The standard InChI is InChI=1S/C23H20N2O5S/c26-22(20-5-3-14-24-20)16-30-23(27)12-9-17-7-10-19(11-8-17)31(28,29)25-15-13-18-4-1-2-6-21(18)25/h1-12,14,24H,13,15-16H2. The van der Waals surface area contributed by atoms with Gasteiger partial charge in [-0.1, -0.05) is 30.3 Å². The molecule has 31 heavy (non-hydrogen) atoms. The average molecular weight is 436 g/mol. The van der Waals surface area contributed by atoms with Crippen LogP contribution in [0.4, 0.5) is 5.69 Å². The van der Waals surface area contributed by atoms with Gasteiger partial charge in [0.15, 0.2) is 6.61 Å². The molecule has 3 aromatic rings. The fourth-order valence-corrected chi connectivity index (χ4v) is 4.87. The van der Waals surface area contributed by atoms with Crippen LogP contribution in [0.3, 0.4) is 0 Å². The van der Waals surface area contributed by atoms with Gasteiger partial charge in [0.2, 0.25) is 5.78 Å². The monoisotopic (exact) mass is 436 g/mol. The van der Waals surface area contributed by atoms with Gasteiger partial charge in [0.05, 0.1) is 16.3 Å². The van der Waals surface area contributed by atoms with E-state index in [9.17, 15) is 18.0 Å². The highest BCUT2D eigenvalue weighted by molar-refractivity contribution is 7.92. The molecule has 0 saturated heterocycles. The van der Waals surface area contributed by atoms with E-state index in [1.165, 1.54) is 28.6 Å². The molecule has 1 aliphatic rings. The van der Waals surface area contributed by atoms with Crippen molar-refractivity contribution in [2.45, 2.75) is 11.3 Å². The first-order valence-electron chi connectivity index (χ1n) is 9.67. The Kier molecular flexibility index (Phi) is 5.73. The van der Waals surface area contributed by atoms with Gasteiger partial charge in [0.25, 0.3) is 10.0 Å². The first-order valence-corrected chi connectivity index (χ1v) is 11.1. The molecule has 0 atom stereocenters. The zero-order valence-electron chi connectivity index (χ0n) is 16.5. The Hall–Kier alpha value is -3.65. The van der Waals surface area contributed by atoms with Crippen LogP contribution in [-0.4, -0.2) is 38.3 Å². The Labute approximate surface area is 180 Å². The van der Waals surface area contributed by atoms with Gasteiger partial charge < -0.3 is 9.72 Å². The van der Waals surface area contributed by atoms with E-state index in [2.05, 4.69) is 4.98 Å². The lowest BCUT2D eigenvalue weighted by Crippen LogP contribution is -2.29. The minimum absolute atomic E-state index is 0.181. The van der Waals surface area contributed by atoms with Gasteiger partial charge in [-0.2, -0.15) is 0 Å². The van der Waals surface area contributed by atoms with E-state index in [4.69, 9.17) is 4.74 Å². The summed E-state index contributed by atoms with van der Waals surface area (Å²) >= 11 is 0. The summed E-state index contributed by atoms with van der Waals surface area (Å²) in [6.45, 7) is 0.0502. The molecule has 0 radical (unpaired) electrons. The highest BCUT2D eigenvalue weighted by atomic mass is 32.2. The number of carbonyl (C=O) groups excluding carboxylic acids is 2. The molecule has 158 valence electrons. The Morgan fingerprint density at radius 2 is 1.81 bits per heavy atom. The fraction of sp³-hybridized carbons (Fsp3) is 0.130. The first kappa shape index (κ1) is 20.6. The van der Waals surface area contributed by atoms with Crippen molar-refractivity contribution in [1.29, 1.82) is 0 Å². The largest absolute Gasteiger partial charge is 0.454 e. The van der Waals surface area contributed by atoms with Crippen LogP contribution in [0.2, 0.25) is 0 Å². The van der Waals surface area contributed by atoms with Crippen LogP contribution in [0.15, 0.2) is 77.8 Å². The highest BCUT2D eigenvalue weighted by Gasteiger charge is 2.30. The van der Waals surface area contributed by atoms with Crippen molar-refractivity contribution in [3.63, 3.8) is 0 Å². The molecule has 1 aromatic heterocycles. The van der Waals surface area contributed by atoms with E-state index in [1.54, 1.807) is 30.5 Å². The number of anilines is 1. The van der Waals surface area contributed by atoms with Gasteiger partial charge in [-0.15, -0.1) is 0 Å². The van der Waals surface area contributed by atoms with E-state index in [-0.39, 0.29) is 17.3 Å². The van der Waals surface area contributed by atoms with Crippen molar-refractivity contribution in [1.82, 2.24) is 4.98 Å². The maximum Gasteiger partial charge on any atom is 0.331 e. The van der Waals surface area contributed by atoms with Gasteiger partial charge in [-0.05, 0) is 54.0 Å². The molecule has 0 unspecified atom stereocenters. The van der Waals surface area contributed by atoms with Crippen LogP contribution >= 0.6 is 0 Å². The summed E-state index contributed by atoms with van der Waals surface area (Å²) in [5.74, 6) is -0.991. The van der Waals surface area contributed by atoms with Crippen molar-refractivity contribution in [2.75, 3.05) is 17.5 Å². The summed E-state index contributed by atoms with van der Waals surface area (Å²) in [6, 6.07) is 17.0. The number of rotatable bonds is 7. The molecule has 4 rings (SSSR count). The first-order chi connectivity index (χ1) is 14.9. The number of hydrogen-bond donors (Lipinski definition) is 1. The number of esters is 1. The molecule has 1 aliphatic heterocycles. The van der Waals surface area contributed by atoms with Crippen LogP contribution in [0.25, 0.3) is 6.08 Å². The average Bonchev–Trinajstić information content (AvgIpc) is 3.46. The van der Waals surface area contributed by atoms with E-state index >= 15 is 0 Å². The zero-order valence-corrected chi connectivity index (χ0v) is 17.3. The number of ether oxygens (including phenoxy) is 1. The summed E-state index contributed by atoms with van der Waals surface area (Å²) in [4.78, 5) is 26.6. The predicted octanol–water partition coefficient (Wildman–Crippen LogP) is 3.21. The number of aromatic amines is 1. The number of sulfonamides is 1. The van der Waals surface area contributed by atoms with Crippen molar-refractivity contribution >= 4 is 33.5 Å². The maximum absolute atomic E-state index is 13.0. The normalized spacial score (nSPS) is 13.4. The fourth-order valence-electron chi connectivity index (χ4n) is 3.37. The Bertz CT molecular complexity index is 1230. The maximum atomic E-state index is 13.0. The Morgan fingerprint density at radius 3 is 2.55 bits per heavy atom. The molecule has 0 fully saturated rings. The van der Waals surface area contributed by atoms with Gasteiger partial charge in [-0.25, -0.2) is 13.2 Å². The number of Topliss-reactive ketones (excluding diaryl/α,β-unsaturated/α-hetero) is 1. The summed E-state index contributed by atoms with van der Waals surface area (Å²) in [5.41, 5.74) is 2.73. The molecule has 1 N–H and O–H groups in total. The number of H-pyrrole nitrogens is 1. The second kappa shape index (κ2) is 8.61. The van der Waals surface area contributed by atoms with E-state index in [0.29, 0.717) is 29.9 Å². The molecular formula is C23H20N2O5S. The molecule has 2 heterocycles. The summed E-state index contributed by atoms with van der Waals surface area (Å²) in [6.07, 6.45) is 5.00. The van der Waals surface area contributed by atoms with Crippen LogP contribution in [0.5, 0.6) is 0 Å². The molecule has 0 bridgehead atoms. The number of benzene rings is 2. The lowest BCUT2D eigenvalue weighted by atomic mass is 10.2. The minimum Gasteiger partial charge on any atom is -0.454 e. The third kappa shape index (κ3) is 4.44. The van der Waals surface area contributed by atoms with Gasteiger partial charge >= 0.3 is 5.97 Å². The molecular weight excluding hydrogens is 416 g/mol. The number of ketones is 1. The van der Waals surface area contributed by atoms with E-state index < -0.39 is 16.0 Å². The molecule has 2 aromatic carbocycles. The van der Waals surface area contributed by atoms with Crippen molar-refractivity contribution in [3.8, 4) is 0 Å². The van der Waals surface area contributed by atoms with Crippen LogP contribution < -0.4 is 4.31 Å². The van der Waals surface area contributed by atoms with Gasteiger partial charge in [0.1, 0.15) is 0 Å². The number of aromatic nitrogens is 1. The number of carbonyl (C=O) groups is 2. The highest BCUT2D eigenvalue weighted by Crippen LogP contribution is 2.32. The minimum atomic E-state index is -3.66. The molecule has 0 saturated carbocycles. The third-order valence-electron chi connectivity index (χ3n) is 4.97. The third-order valence-corrected chi connectivity index (χ3v) is 6.80. The van der Waals surface area contributed by atoms with Crippen LogP contribution in [0, 0.1) is 0 Å². The van der Waals surface area contributed by atoms with E-state index in [1.807, 2.05) is 24.3 Å². The number of nitrogens with zero attached hydrogens (tertiary/aromatic N) is 1. The number of nitrogens with one attached hydrogen (secondary N) is 1. The van der Waals surface area contributed by atoms with Crippen LogP contribution in [0.1, 0.15) is 21.6 Å². The number of hydrogen-bond acceptors (Lipinski definition) is 5. The summed E-state index contributed by atoms with van der Waals surface area (Å²) in [7, 11) is -3.66. The number of fused-ring (bicyclic) bond motifs is 1. The van der Waals surface area contributed by atoms with Crippen molar-refractivity contribution in [3.05, 3.63) is 89.8 Å². The Balaban J connectivity index is 1.39. The zero-order chi connectivity index (χ0) is 21.8. The molecule has 8 heteroatoms. The SMILES string of the molecule is O=C(C=Cc1ccc(S(=O)(=O)N2CCc3ccccc32)cc1)OCC(=O)c1ccc[nH]1. The number of para-hydroxylation sites is 1. The topological polar surface area (TPSA) is 96.5 Å². The second-order valence-electron chi connectivity index (χ2n) is 6.97. The smallest absolute Gasteiger partial charge is 0.331 e. The van der Waals surface area contributed by atoms with Crippen LogP contribution in [-0.2, 0) is 26.0 Å². The Morgan fingerprint density at radius 1 is 1.03 bits per heavy atom. The second-order valence-corrected chi connectivity index (χ2v) is 8.84.